The Hall–Kier alpha value is -2.33. The topological polar surface area (TPSA) is 61.4 Å². The molecule has 104 valence electrons. The van der Waals surface area contributed by atoms with Crippen LogP contribution >= 0.6 is 0 Å². The predicted octanol–water partition coefficient (Wildman–Crippen LogP) is 2.02. The van der Waals surface area contributed by atoms with E-state index in [9.17, 15) is 4.79 Å². The van der Waals surface area contributed by atoms with Crippen LogP contribution in [-0.2, 0) is 6.54 Å². The summed E-state index contributed by atoms with van der Waals surface area (Å²) in [6.45, 7) is 0.917. The summed E-state index contributed by atoms with van der Waals surface area (Å²) in [5.74, 6) is -0.178. The monoisotopic (exact) mass is 270 g/mol. The molecular formula is C16H18N2O2. The number of anilines is 1. The summed E-state index contributed by atoms with van der Waals surface area (Å²) in [5.41, 5.74) is 2.66. The van der Waals surface area contributed by atoms with Crippen LogP contribution in [-0.4, -0.2) is 24.2 Å². The molecule has 0 unspecified atom stereocenters. The molecule has 0 spiro atoms. The fourth-order valence-corrected chi connectivity index (χ4v) is 1.84. The first kappa shape index (κ1) is 14.1. The van der Waals surface area contributed by atoms with E-state index >= 15 is 0 Å². The maximum Gasteiger partial charge on any atom is 0.251 e. The van der Waals surface area contributed by atoms with Crippen molar-refractivity contribution < 1.29 is 9.90 Å². The molecule has 20 heavy (non-hydrogen) atoms. The normalized spacial score (nSPS) is 10.1. The maximum atomic E-state index is 11.8. The van der Waals surface area contributed by atoms with Crippen molar-refractivity contribution in [3.05, 3.63) is 65.7 Å². The number of aliphatic hydroxyl groups excluding tert-OH is 1. The third kappa shape index (κ3) is 4.10. The Morgan fingerprint density at radius 1 is 1.05 bits per heavy atom. The van der Waals surface area contributed by atoms with E-state index < -0.39 is 0 Å². The molecule has 0 aliphatic carbocycles. The molecule has 0 atom stereocenters. The van der Waals surface area contributed by atoms with Gasteiger partial charge >= 0.3 is 0 Å². The molecule has 0 aliphatic rings. The first-order valence-corrected chi connectivity index (χ1v) is 6.56. The second-order valence-electron chi connectivity index (χ2n) is 4.40. The van der Waals surface area contributed by atoms with Gasteiger partial charge in [0.25, 0.3) is 5.91 Å². The summed E-state index contributed by atoms with van der Waals surface area (Å²) >= 11 is 0. The molecule has 2 aromatic rings. The summed E-state index contributed by atoms with van der Waals surface area (Å²) in [6, 6.07) is 17.4. The van der Waals surface area contributed by atoms with Crippen LogP contribution in [0.2, 0.25) is 0 Å². The van der Waals surface area contributed by atoms with E-state index in [-0.39, 0.29) is 19.1 Å². The standard InChI is InChI=1S/C16H18N2O2/c19-10-9-17-16(20)14-7-4-8-15(11-14)18-12-13-5-2-1-3-6-13/h1-8,11,18-19H,9-10,12H2,(H,17,20). The number of aliphatic hydroxyl groups is 1. The van der Waals surface area contributed by atoms with Crippen LogP contribution in [0.1, 0.15) is 15.9 Å². The number of benzene rings is 2. The number of amides is 1. The Morgan fingerprint density at radius 2 is 1.85 bits per heavy atom. The van der Waals surface area contributed by atoms with E-state index in [1.54, 1.807) is 12.1 Å². The number of carbonyl (C=O) groups excluding carboxylic acids is 1. The average molecular weight is 270 g/mol. The van der Waals surface area contributed by atoms with Crippen molar-refractivity contribution in [1.29, 1.82) is 0 Å². The second-order valence-corrected chi connectivity index (χ2v) is 4.40. The minimum Gasteiger partial charge on any atom is -0.395 e. The third-order valence-electron chi connectivity index (χ3n) is 2.86. The van der Waals surface area contributed by atoms with E-state index in [1.165, 1.54) is 5.56 Å². The molecule has 4 heteroatoms. The Balaban J connectivity index is 1.97. The fourth-order valence-electron chi connectivity index (χ4n) is 1.84. The van der Waals surface area contributed by atoms with Gasteiger partial charge in [-0.3, -0.25) is 4.79 Å². The van der Waals surface area contributed by atoms with E-state index in [0.717, 1.165) is 5.69 Å². The van der Waals surface area contributed by atoms with Crippen molar-refractivity contribution in [3.63, 3.8) is 0 Å². The molecule has 0 aliphatic heterocycles. The first-order valence-electron chi connectivity index (χ1n) is 6.56. The van der Waals surface area contributed by atoms with Crippen molar-refractivity contribution in [2.45, 2.75) is 6.54 Å². The fraction of sp³-hybridized carbons (Fsp3) is 0.188. The van der Waals surface area contributed by atoms with Gasteiger partial charge in [-0.15, -0.1) is 0 Å². The number of carbonyl (C=O) groups is 1. The van der Waals surface area contributed by atoms with Crippen LogP contribution in [0.25, 0.3) is 0 Å². The molecule has 0 bridgehead atoms. The van der Waals surface area contributed by atoms with Crippen LogP contribution in [0.5, 0.6) is 0 Å². The minimum atomic E-state index is -0.178. The Bertz CT molecular complexity index is 555. The van der Waals surface area contributed by atoms with Gasteiger partial charge in [0.2, 0.25) is 0 Å². The molecule has 0 aromatic heterocycles. The highest BCUT2D eigenvalue weighted by Gasteiger charge is 2.05. The summed E-state index contributed by atoms with van der Waals surface area (Å²) in [4.78, 5) is 11.8. The van der Waals surface area contributed by atoms with Crippen molar-refractivity contribution in [2.24, 2.45) is 0 Å². The number of nitrogens with one attached hydrogen (secondary N) is 2. The lowest BCUT2D eigenvalue weighted by Crippen LogP contribution is -2.26. The van der Waals surface area contributed by atoms with Crippen molar-refractivity contribution in [2.75, 3.05) is 18.5 Å². The first-order chi connectivity index (χ1) is 9.79. The van der Waals surface area contributed by atoms with Gasteiger partial charge in [0.05, 0.1) is 6.61 Å². The van der Waals surface area contributed by atoms with E-state index in [1.807, 2.05) is 42.5 Å². The van der Waals surface area contributed by atoms with Gasteiger partial charge in [-0.25, -0.2) is 0 Å². The summed E-state index contributed by atoms with van der Waals surface area (Å²) in [5, 5.41) is 14.6. The number of hydrogen-bond donors (Lipinski definition) is 3. The van der Waals surface area contributed by atoms with Crippen molar-refractivity contribution >= 4 is 11.6 Å². The SMILES string of the molecule is O=C(NCCO)c1cccc(NCc2ccccc2)c1. The van der Waals surface area contributed by atoms with Gasteiger partial charge in [-0.2, -0.15) is 0 Å². The largest absolute Gasteiger partial charge is 0.395 e. The Morgan fingerprint density at radius 3 is 2.60 bits per heavy atom. The average Bonchev–Trinajstić information content (AvgIpc) is 2.52. The molecular weight excluding hydrogens is 252 g/mol. The van der Waals surface area contributed by atoms with Crippen molar-refractivity contribution in [1.82, 2.24) is 5.32 Å². The molecule has 2 aromatic carbocycles. The van der Waals surface area contributed by atoms with Crippen molar-refractivity contribution in [3.8, 4) is 0 Å². The van der Waals surface area contributed by atoms with Gasteiger partial charge in [-0.05, 0) is 23.8 Å². The molecule has 0 radical (unpaired) electrons. The minimum absolute atomic E-state index is 0.0578. The van der Waals surface area contributed by atoms with Gasteiger partial charge < -0.3 is 15.7 Å². The number of hydrogen-bond acceptors (Lipinski definition) is 3. The zero-order valence-corrected chi connectivity index (χ0v) is 11.2. The van der Waals surface area contributed by atoms with Gasteiger partial charge in [0.15, 0.2) is 0 Å². The van der Waals surface area contributed by atoms with E-state index in [0.29, 0.717) is 12.1 Å². The molecule has 4 nitrogen and oxygen atoms in total. The van der Waals surface area contributed by atoms with Gasteiger partial charge in [0.1, 0.15) is 0 Å². The van der Waals surface area contributed by atoms with E-state index in [4.69, 9.17) is 5.11 Å². The Kier molecular flexibility index (Phi) is 5.15. The molecule has 0 heterocycles. The Labute approximate surface area is 118 Å². The summed E-state index contributed by atoms with van der Waals surface area (Å²) < 4.78 is 0. The zero-order valence-electron chi connectivity index (χ0n) is 11.2. The molecule has 0 saturated carbocycles. The van der Waals surface area contributed by atoms with Crippen LogP contribution in [0.4, 0.5) is 5.69 Å². The predicted molar refractivity (Wildman–Crippen MR) is 79.6 cm³/mol. The van der Waals surface area contributed by atoms with Crippen LogP contribution < -0.4 is 10.6 Å². The highest BCUT2D eigenvalue weighted by atomic mass is 16.3. The smallest absolute Gasteiger partial charge is 0.251 e. The van der Waals surface area contributed by atoms with Gasteiger partial charge in [0, 0.05) is 24.3 Å². The second kappa shape index (κ2) is 7.31. The third-order valence-corrected chi connectivity index (χ3v) is 2.86. The lowest BCUT2D eigenvalue weighted by molar-refractivity contribution is 0.0945. The molecule has 1 amide bonds. The quantitative estimate of drug-likeness (QED) is 0.752. The summed E-state index contributed by atoms with van der Waals surface area (Å²) in [7, 11) is 0. The highest BCUT2D eigenvalue weighted by molar-refractivity contribution is 5.95. The number of rotatable bonds is 6. The molecule has 0 fully saturated rings. The molecule has 0 saturated heterocycles. The van der Waals surface area contributed by atoms with E-state index in [2.05, 4.69) is 10.6 Å². The van der Waals surface area contributed by atoms with Crippen LogP contribution in [0, 0.1) is 0 Å². The van der Waals surface area contributed by atoms with Crippen LogP contribution in [0.15, 0.2) is 54.6 Å². The van der Waals surface area contributed by atoms with Crippen LogP contribution in [0.3, 0.4) is 0 Å². The molecule has 3 N–H and O–H groups in total. The lowest BCUT2D eigenvalue weighted by atomic mass is 10.1. The van der Waals surface area contributed by atoms with Gasteiger partial charge in [-0.1, -0.05) is 36.4 Å². The zero-order chi connectivity index (χ0) is 14.2. The maximum absolute atomic E-state index is 11.8. The molecule has 2 rings (SSSR count). The highest BCUT2D eigenvalue weighted by Crippen LogP contribution is 2.12. The lowest BCUT2D eigenvalue weighted by Gasteiger charge is -2.08. The summed E-state index contributed by atoms with van der Waals surface area (Å²) in [6.07, 6.45) is 0.